The Kier molecular flexibility index (Phi) is 6.76. The van der Waals surface area contributed by atoms with Crippen molar-refractivity contribution in [3.63, 3.8) is 0 Å². The van der Waals surface area contributed by atoms with Crippen LogP contribution in [0.25, 0.3) is 10.9 Å². The van der Waals surface area contributed by atoms with Crippen LogP contribution in [0.3, 0.4) is 0 Å². The molecule has 0 unspecified atom stereocenters. The van der Waals surface area contributed by atoms with Gasteiger partial charge in [0.1, 0.15) is 0 Å². The van der Waals surface area contributed by atoms with Crippen LogP contribution < -0.4 is 15.6 Å². The Morgan fingerprint density at radius 2 is 1.77 bits per heavy atom. The molecule has 0 aliphatic carbocycles. The van der Waals surface area contributed by atoms with Crippen LogP contribution in [0, 0.1) is 0 Å². The van der Waals surface area contributed by atoms with Gasteiger partial charge in [0.15, 0.2) is 5.16 Å². The number of benzene rings is 2. The summed E-state index contributed by atoms with van der Waals surface area (Å²) in [5, 5.41) is 3.63. The van der Waals surface area contributed by atoms with E-state index in [9.17, 15) is 22.8 Å². The fraction of sp³-hybridized carbons (Fsp3) is 0.200. The van der Waals surface area contributed by atoms with Crippen LogP contribution in [0.15, 0.2) is 63.4 Å². The second-order valence-electron chi connectivity index (χ2n) is 6.48. The Morgan fingerprint density at radius 3 is 2.42 bits per heavy atom. The number of hydrogen-bond donors (Lipinski definition) is 2. The van der Waals surface area contributed by atoms with E-state index in [2.05, 4.69) is 10.3 Å². The summed E-state index contributed by atoms with van der Waals surface area (Å²) in [5.41, 5.74) is 0.801. The molecule has 2 amide bonds. The number of nitrogens with zero attached hydrogens (tertiary/aromatic N) is 2. The van der Waals surface area contributed by atoms with Crippen LogP contribution in [0.2, 0.25) is 0 Å². The molecule has 0 bridgehead atoms. The van der Waals surface area contributed by atoms with Gasteiger partial charge in [-0.1, -0.05) is 23.9 Å². The van der Waals surface area contributed by atoms with Crippen LogP contribution in [0.4, 0.5) is 5.69 Å². The average Bonchev–Trinajstić information content (AvgIpc) is 2.72. The SMILES string of the molecule is CCn1c(SCC(=O)Nc2ccc(S(=O)(=O)NC(C)=O)cc2)nc2ccccc2c1=O. The van der Waals surface area contributed by atoms with Gasteiger partial charge >= 0.3 is 0 Å². The summed E-state index contributed by atoms with van der Waals surface area (Å²) in [6.07, 6.45) is 0. The highest BCUT2D eigenvalue weighted by molar-refractivity contribution is 7.99. The number of nitrogens with one attached hydrogen (secondary N) is 2. The summed E-state index contributed by atoms with van der Waals surface area (Å²) >= 11 is 1.14. The molecular formula is C20H20N4O5S2. The molecule has 3 rings (SSSR count). The van der Waals surface area contributed by atoms with Gasteiger partial charge in [-0.25, -0.2) is 18.1 Å². The van der Waals surface area contributed by atoms with Gasteiger partial charge in [-0.2, -0.15) is 0 Å². The molecule has 0 saturated carbocycles. The van der Waals surface area contributed by atoms with Crippen molar-refractivity contribution in [1.82, 2.24) is 14.3 Å². The van der Waals surface area contributed by atoms with E-state index in [0.29, 0.717) is 28.3 Å². The topological polar surface area (TPSA) is 127 Å². The van der Waals surface area contributed by atoms with Gasteiger partial charge in [-0.15, -0.1) is 0 Å². The maximum atomic E-state index is 12.6. The van der Waals surface area contributed by atoms with Gasteiger partial charge in [-0.05, 0) is 43.3 Å². The van der Waals surface area contributed by atoms with Crippen LogP contribution in [-0.2, 0) is 26.2 Å². The molecule has 0 saturated heterocycles. The molecule has 3 aromatic rings. The zero-order valence-corrected chi connectivity index (χ0v) is 18.4. The molecule has 11 heteroatoms. The minimum atomic E-state index is -3.94. The number of aromatic nitrogens is 2. The number of carbonyl (C=O) groups excluding carboxylic acids is 2. The number of anilines is 1. The predicted octanol–water partition coefficient (Wildman–Crippen LogP) is 1.97. The molecule has 162 valence electrons. The Balaban J connectivity index is 1.70. The average molecular weight is 461 g/mol. The van der Waals surface area contributed by atoms with Crippen molar-refractivity contribution in [2.45, 2.75) is 30.4 Å². The van der Waals surface area contributed by atoms with Crippen molar-refractivity contribution < 1.29 is 18.0 Å². The van der Waals surface area contributed by atoms with E-state index < -0.39 is 15.9 Å². The lowest BCUT2D eigenvalue weighted by Crippen LogP contribution is -2.28. The summed E-state index contributed by atoms with van der Waals surface area (Å²) in [4.78, 5) is 40.4. The Bertz CT molecular complexity index is 1300. The first-order chi connectivity index (χ1) is 14.7. The van der Waals surface area contributed by atoms with Crippen molar-refractivity contribution in [3.05, 3.63) is 58.9 Å². The Morgan fingerprint density at radius 1 is 1.10 bits per heavy atom. The first-order valence-corrected chi connectivity index (χ1v) is 11.7. The first-order valence-electron chi connectivity index (χ1n) is 9.27. The first kappa shape index (κ1) is 22.5. The van der Waals surface area contributed by atoms with E-state index in [1.807, 2.05) is 11.6 Å². The van der Waals surface area contributed by atoms with Crippen molar-refractivity contribution >= 4 is 50.2 Å². The highest BCUT2D eigenvalue weighted by atomic mass is 32.2. The number of thioether (sulfide) groups is 1. The van der Waals surface area contributed by atoms with Gasteiger partial charge < -0.3 is 5.32 Å². The monoisotopic (exact) mass is 460 g/mol. The summed E-state index contributed by atoms with van der Waals surface area (Å²) in [6.45, 7) is 3.36. The van der Waals surface area contributed by atoms with E-state index >= 15 is 0 Å². The molecule has 9 nitrogen and oxygen atoms in total. The third kappa shape index (κ3) is 5.30. The lowest BCUT2D eigenvalue weighted by Gasteiger charge is -2.11. The molecule has 31 heavy (non-hydrogen) atoms. The molecular weight excluding hydrogens is 440 g/mol. The lowest BCUT2D eigenvalue weighted by atomic mass is 10.2. The predicted molar refractivity (Wildman–Crippen MR) is 118 cm³/mol. The van der Waals surface area contributed by atoms with Crippen molar-refractivity contribution in [1.29, 1.82) is 0 Å². The standard InChI is InChI=1S/C20H20N4O5S2/c1-3-24-19(27)16-6-4-5-7-17(16)22-20(24)30-12-18(26)21-14-8-10-15(11-9-14)31(28,29)23-13(2)25/h4-11H,3,12H2,1-2H3,(H,21,26)(H,23,25). The summed E-state index contributed by atoms with van der Waals surface area (Å²) in [6, 6.07) is 12.5. The Labute approximate surface area is 182 Å². The van der Waals surface area contributed by atoms with Crippen molar-refractivity contribution in [2.24, 2.45) is 0 Å². The second kappa shape index (κ2) is 9.31. The quantitative estimate of drug-likeness (QED) is 0.408. The zero-order valence-electron chi connectivity index (χ0n) is 16.8. The number of sulfonamides is 1. The summed E-state index contributed by atoms with van der Waals surface area (Å²) in [7, 11) is -3.94. The highest BCUT2D eigenvalue weighted by Gasteiger charge is 2.16. The van der Waals surface area contributed by atoms with Crippen LogP contribution in [0.5, 0.6) is 0 Å². The largest absolute Gasteiger partial charge is 0.325 e. The summed E-state index contributed by atoms with van der Waals surface area (Å²) in [5.74, 6) is -1.02. The number of rotatable bonds is 7. The smallest absolute Gasteiger partial charge is 0.264 e. The maximum absolute atomic E-state index is 12.6. The third-order valence-electron chi connectivity index (χ3n) is 4.20. The van der Waals surface area contributed by atoms with Gasteiger partial charge in [0.2, 0.25) is 11.8 Å². The number of para-hydroxylation sites is 1. The molecule has 1 heterocycles. The molecule has 0 fully saturated rings. The van der Waals surface area contributed by atoms with E-state index in [-0.39, 0.29) is 22.1 Å². The zero-order chi connectivity index (χ0) is 22.6. The van der Waals surface area contributed by atoms with Crippen LogP contribution in [0.1, 0.15) is 13.8 Å². The molecule has 0 spiro atoms. The number of carbonyl (C=O) groups is 2. The second-order valence-corrected chi connectivity index (χ2v) is 9.11. The molecule has 0 aliphatic heterocycles. The third-order valence-corrected chi connectivity index (χ3v) is 6.63. The number of hydrogen-bond acceptors (Lipinski definition) is 7. The molecule has 0 radical (unpaired) electrons. The van der Waals surface area contributed by atoms with Gasteiger partial charge in [-0.3, -0.25) is 19.0 Å². The summed E-state index contributed by atoms with van der Waals surface area (Å²) < 4.78 is 27.3. The van der Waals surface area contributed by atoms with E-state index in [1.54, 1.807) is 24.3 Å². The minimum Gasteiger partial charge on any atom is -0.325 e. The fourth-order valence-electron chi connectivity index (χ4n) is 2.83. The van der Waals surface area contributed by atoms with E-state index in [4.69, 9.17) is 0 Å². The van der Waals surface area contributed by atoms with E-state index in [1.165, 1.54) is 28.8 Å². The molecule has 1 aromatic heterocycles. The van der Waals surface area contributed by atoms with Crippen LogP contribution in [-0.4, -0.2) is 35.5 Å². The number of fused-ring (bicyclic) bond motifs is 1. The maximum Gasteiger partial charge on any atom is 0.264 e. The van der Waals surface area contributed by atoms with Gasteiger partial charge in [0, 0.05) is 19.2 Å². The van der Waals surface area contributed by atoms with Crippen LogP contribution >= 0.6 is 11.8 Å². The molecule has 2 N–H and O–H groups in total. The molecule has 0 aliphatic rings. The molecule has 2 aromatic carbocycles. The van der Waals surface area contributed by atoms with Gasteiger partial charge in [0.25, 0.3) is 15.6 Å². The normalized spacial score (nSPS) is 11.3. The minimum absolute atomic E-state index is 0.0106. The number of amides is 2. The lowest BCUT2D eigenvalue weighted by molar-refractivity contribution is -0.117. The Hall–Kier alpha value is -3.18. The highest BCUT2D eigenvalue weighted by Crippen LogP contribution is 2.19. The van der Waals surface area contributed by atoms with Crippen molar-refractivity contribution in [3.8, 4) is 0 Å². The van der Waals surface area contributed by atoms with Gasteiger partial charge in [0.05, 0.1) is 21.6 Å². The van der Waals surface area contributed by atoms with E-state index in [0.717, 1.165) is 18.7 Å². The van der Waals surface area contributed by atoms with Crippen molar-refractivity contribution in [2.75, 3.05) is 11.1 Å². The fourth-order valence-corrected chi connectivity index (χ4v) is 4.68. The molecule has 0 atom stereocenters.